The number of nitrogens with one attached hydrogen (secondary N) is 1. The lowest BCUT2D eigenvalue weighted by Gasteiger charge is -2.06. The van der Waals surface area contributed by atoms with E-state index in [-0.39, 0.29) is 11.3 Å². The van der Waals surface area contributed by atoms with Crippen molar-refractivity contribution < 1.29 is 0 Å². The molecule has 0 aliphatic carbocycles. The molecule has 0 fully saturated rings. The molecule has 3 N–H and O–H groups in total. The highest BCUT2D eigenvalue weighted by Gasteiger charge is 2.17. The zero-order chi connectivity index (χ0) is 16.4. The van der Waals surface area contributed by atoms with E-state index >= 15 is 0 Å². The fraction of sp³-hybridized carbons (Fsp3) is 0.375. The number of aryl methyl sites for hydroxylation is 1. The van der Waals surface area contributed by atoms with Gasteiger partial charge in [0.2, 0.25) is 5.28 Å². The molecule has 0 saturated carbocycles. The van der Waals surface area contributed by atoms with Gasteiger partial charge in [-0.05, 0) is 48.4 Å². The number of nitrogens with zero attached hydrogens (tertiary/aromatic N) is 2. The highest BCUT2D eigenvalue weighted by molar-refractivity contribution is 7.19. The second-order valence-corrected chi connectivity index (χ2v) is 7.95. The van der Waals surface area contributed by atoms with Crippen LogP contribution in [0, 0.1) is 6.92 Å². The largest absolute Gasteiger partial charge is 0.364 e. The van der Waals surface area contributed by atoms with E-state index < -0.39 is 0 Å². The molecule has 4 nitrogen and oxygen atoms in total. The Bertz CT molecular complexity index is 798. The summed E-state index contributed by atoms with van der Waals surface area (Å²) in [6.45, 7) is 4.93. The Balaban J connectivity index is 1.95. The van der Waals surface area contributed by atoms with E-state index in [0.29, 0.717) is 0 Å². The maximum Gasteiger partial charge on any atom is 0.224 e. The molecule has 0 unspecified atom stereocenters. The molecule has 3 heterocycles. The summed E-state index contributed by atoms with van der Waals surface area (Å²) in [4.78, 5) is 11.3. The van der Waals surface area contributed by atoms with Crippen LogP contribution in [0.5, 0.6) is 0 Å². The first-order chi connectivity index (χ1) is 11.1. The highest BCUT2D eigenvalue weighted by atomic mass is 35.5. The summed E-state index contributed by atoms with van der Waals surface area (Å²) in [6.07, 6.45) is 1.83. The minimum atomic E-state index is 0.174. The Morgan fingerprint density at radius 2 is 2.22 bits per heavy atom. The molecule has 122 valence electrons. The summed E-state index contributed by atoms with van der Waals surface area (Å²) in [5, 5.41) is 5.74. The van der Waals surface area contributed by atoms with Crippen molar-refractivity contribution in [1.29, 1.82) is 0 Å². The van der Waals surface area contributed by atoms with Gasteiger partial charge < -0.3 is 11.1 Å². The normalized spacial score (nSPS) is 12.7. The Labute approximate surface area is 148 Å². The van der Waals surface area contributed by atoms with Crippen molar-refractivity contribution >= 4 is 50.3 Å². The first-order valence-corrected chi connectivity index (χ1v) is 9.63. The van der Waals surface area contributed by atoms with E-state index in [1.807, 2.05) is 6.07 Å². The first-order valence-electron chi connectivity index (χ1n) is 7.55. The molecule has 0 aliphatic rings. The quantitative estimate of drug-likeness (QED) is 0.625. The van der Waals surface area contributed by atoms with Crippen molar-refractivity contribution in [2.45, 2.75) is 39.3 Å². The monoisotopic (exact) mass is 366 g/mol. The van der Waals surface area contributed by atoms with Crippen LogP contribution in [0.3, 0.4) is 0 Å². The second-order valence-electron chi connectivity index (χ2n) is 5.47. The molecule has 0 bridgehead atoms. The number of nitrogens with two attached hydrogens (primary N) is 1. The van der Waals surface area contributed by atoms with Crippen LogP contribution in [-0.4, -0.2) is 16.0 Å². The number of thiophene rings is 2. The molecular weight excluding hydrogens is 348 g/mol. The van der Waals surface area contributed by atoms with E-state index in [1.54, 1.807) is 22.7 Å². The van der Waals surface area contributed by atoms with E-state index in [0.717, 1.165) is 41.0 Å². The van der Waals surface area contributed by atoms with Crippen molar-refractivity contribution in [2.75, 3.05) is 5.32 Å². The smallest absolute Gasteiger partial charge is 0.224 e. The van der Waals surface area contributed by atoms with Crippen molar-refractivity contribution in [3.05, 3.63) is 38.1 Å². The molecule has 23 heavy (non-hydrogen) atoms. The van der Waals surface area contributed by atoms with Crippen LogP contribution >= 0.6 is 34.3 Å². The Hall–Kier alpha value is -1.21. The molecule has 0 aliphatic heterocycles. The van der Waals surface area contributed by atoms with E-state index in [1.165, 1.54) is 9.75 Å². The van der Waals surface area contributed by atoms with Gasteiger partial charge in [0.1, 0.15) is 5.82 Å². The van der Waals surface area contributed by atoms with E-state index in [2.05, 4.69) is 40.6 Å². The van der Waals surface area contributed by atoms with Crippen LogP contribution in [0.2, 0.25) is 5.28 Å². The molecule has 0 aromatic carbocycles. The molecule has 3 aromatic heterocycles. The minimum absolute atomic E-state index is 0.174. The predicted octanol–water partition coefficient (Wildman–Crippen LogP) is 4.61. The SMILES string of the molecule is CC[C@H](N)Cc1sc2c(NCc3cccs3)nc(Cl)nc2c1C. The fourth-order valence-electron chi connectivity index (χ4n) is 2.39. The molecule has 0 radical (unpaired) electrons. The zero-order valence-electron chi connectivity index (χ0n) is 13.1. The number of halogens is 1. The summed E-state index contributed by atoms with van der Waals surface area (Å²) in [7, 11) is 0. The van der Waals surface area contributed by atoms with Crippen LogP contribution in [-0.2, 0) is 13.0 Å². The van der Waals surface area contributed by atoms with Gasteiger partial charge in [-0.25, -0.2) is 4.98 Å². The zero-order valence-corrected chi connectivity index (χ0v) is 15.5. The van der Waals surface area contributed by atoms with Gasteiger partial charge >= 0.3 is 0 Å². The van der Waals surface area contributed by atoms with E-state index in [4.69, 9.17) is 17.3 Å². The Kier molecular flexibility index (Phi) is 5.16. The van der Waals surface area contributed by atoms with Crippen molar-refractivity contribution in [3.63, 3.8) is 0 Å². The average molecular weight is 367 g/mol. The van der Waals surface area contributed by atoms with Gasteiger partial charge in [0, 0.05) is 15.8 Å². The summed E-state index contributed by atoms with van der Waals surface area (Å²) >= 11 is 9.56. The first kappa shape index (κ1) is 16.6. The maximum atomic E-state index is 6.12. The van der Waals surface area contributed by atoms with Gasteiger partial charge in [-0.1, -0.05) is 13.0 Å². The molecule has 3 rings (SSSR count). The topological polar surface area (TPSA) is 63.8 Å². The summed E-state index contributed by atoms with van der Waals surface area (Å²) in [5.41, 5.74) is 8.21. The van der Waals surface area contributed by atoms with Crippen molar-refractivity contribution in [2.24, 2.45) is 5.73 Å². The standard InChI is InChI=1S/C16H19ClN4S2/c1-3-10(18)7-12-9(2)13-14(23-12)15(21-16(17)20-13)19-8-11-5-4-6-22-11/h4-6,10H,3,7-8,18H2,1-2H3,(H,19,20,21)/t10-/m0/s1. The van der Waals surface area contributed by atoms with Gasteiger partial charge in [-0.3, -0.25) is 0 Å². The van der Waals surface area contributed by atoms with Crippen molar-refractivity contribution in [3.8, 4) is 0 Å². The number of rotatable bonds is 6. The van der Waals surface area contributed by atoms with Gasteiger partial charge in [0.15, 0.2) is 0 Å². The fourth-order valence-corrected chi connectivity index (χ4v) is 4.50. The average Bonchev–Trinajstić information content (AvgIpc) is 3.15. The molecule has 3 aromatic rings. The Morgan fingerprint density at radius 1 is 1.39 bits per heavy atom. The third-order valence-electron chi connectivity index (χ3n) is 3.82. The molecule has 0 saturated heterocycles. The summed E-state index contributed by atoms with van der Waals surface area (Å²) < 4.78 is 1.06. The van der Waals surface area contributed by atoms with Crippen molar-refractivity contribution in [1.82, 2.24) is 9.97 Å². The van der Waals surface area contributed by atoms with Crippen LogP contribution in [0.1, 0.15) is 28.7 Å². The Morgan fingerprint density at radius 3 is 2.91 bits per heavy atom. The van der Waals surface area contributed by atoms with Crippen LogP contribution < -0.4 is 11.1 Å². The van der Waals surface area contributed by atoms with Crippen LogP contribution in [0.25, 0.3) is 10.2 Å². The second kappa shape index (κ2) is 7.13. The molecule has 0 amide bonds. The number of anilines is 1. The lowest BCUT2D eigenvalue weighted by Crippen LogP contribution is -2.21. The predicted molar refractivity (Wildman–Crippen MR) is 101 cm³/mol. The number of fused-ring (bicyclic) bond motifs is 1. The molecular formula is C16H19ClN4S2. The lowest BCUT2D eigenvalue weighted by molar-refractivity contribution is 0.650. The molecule has 7 heteroatoms. The number of hydrogen-bond acceptors (Lipinski definition) is 6. The van der Waals surface area contributed by atoms with Crippen LogP contribution in [0.4, 0.5) is 5.82 Å². The summed E-state index contributed by atoms with van der Waals surface area (Å²) in [5.74, 6) is 0.804. The molecule has 1 atom stereocenters. The third kappa shape index (κ3) is 3.66. The van der Waals surface area contributed by atoms with Crippen LogP contribution in [0.15, 0.2) is 17.5 Å². The number of aromatic nitrogens is 2. The highest BCUT2D eigenvalue weighted by Crippen LogP contribution is 2.35. The van der Waals surface area contributed by atoms with Gasteiger partial charge in [0.25, 0.3) is 0 Å². The number of hydrogen-bond donors (Lipinski definition) is 2. The lowest BCUT2D eigenvalue weighted by atomic mass is 10.1. The van der Waals surface area contributed by atoms with Gasteiger partial charge in [-0.2, -0.15) is 4.98 Å². The maximum absolute atomic E-state index is 6.12. The van der Waals surface area contributed by atoms with Gasteiger partial charge in [-0.15, -0.1) is 22.7 Å². The minimum Gasteiger partial charge on any atom is -0.364 e. The van der Waals surface area contributed by atoms with Gasteiger partial charge in [0.05, 0.1) is 16.8 Å². The molecule has 0 spiro atoms. The van der Waals surface area contributed by atoms with E-state index in [9.17, 15) is 0 Å². The third-order valence-corrected chi connectivity index (χ3v) is 6.17. The summed E-state index contributed by atoms with van der Waals surface area (Å²) in [6, 6.07) is 4.32.